The first kappa shape index (κ1) is 26.4. The van der Waals surface area contributed by atoms with Crippen molar-refractivity contribution in [2.75, 3.05) is 0 Å². The zero-order chi connectivity index (χ0) is 28.2. The predicted octanol–water partition coefficient (Wildman–Crippen LogP) is 7.86. The Hall–Kier alpha value is -4.26. The van der Waals surface area contributed by atoms with Gasteiger partial charge in [0.2, 0.25) is 0 Å². The second-order valence-corrected chi connectivity index (χ2v) is 11.2. The number of aromatic carboxylic acids is 1. The Balaban J connectivity index is 2.03. The van der Waals surface area contributed by atoms with E-state index in [1.54, 1.807) is 36.5 Å². The zero-order valence-electron chi connectivity index (χ0n) is 23.0. The summed E-state index contributed by atoms with van der Waals surface area (Å²) in [6, 6.07) is 15.7. The summed E-state index contributed by atoms with van der Waals surface area (Å²) >= 11 is 0. The minimum Gasteiger partial charge on any atom is -0.478 e. The molecule has 0 fully saturated rings. The highest BCUT2D eigenvalue weighted by Crippen LogP contribution is 2.45. The van der Waals surface area contributed by atoms with Crippen LogP contribution in [0.2, 0.25) is 0 Å². The molecule has 5 aromatic rings. The SMILES string of the molecule is CCc1cccc(C(=O)O)c1-c1c(C(C)C)n(-c2ccccc2F)c2cc3cnn(C(=O)C(C)(C)C)c3cc12. The summed E-state index contributed by atoms with van der Waals surface area (Å²) in [5.41, 5.74) is 4.26. The van der Waals surface area contributed by atoms with E-state index in [-0.39, 0.29) is 23.2 Å². The second-order valence-electron chi connectivity index (χ2n) is 11.2. The van der Waals surface area contributed by atoms with Crippen LogP contribution in [0, 0.1) is 11.2 Å². The summed E-state index contributed by atoms with van der Waals surface area (Å²) in [4.78, 5) is 25.8. The molecule has 0 atom stereocenters. The molecule has 0 aliphatic rings. The first-order chi connectivity index (χ1) is 18.5. The minimum absolute atomic E-state index is 0.0885. The zero-order valence-corrected chi connectivity index (χ0v) is 23.0. The summed E-state index contributed by atoms with van der Waals surface area (Å²) in [7, 11) is 0. The van der Waals surface area contributed by atoms with Crippen molar-refractivity contribution >= 4 is 33.7 Å². The van der Waals surface area contributed by atoms with Gasteiger partial charge in [0.05, 0.1) is 28.5 Å². The largest absolute Gasteiger partial charge is 0.478 e. The number of halogens is 1. The highest BCUT2D eigenvalue weighted by Gasteiger charge is 2.30. The maximum absolute atomic E-state index is 15.4. The first-order valence-electron chi connectivity index (χ1n) is 13.2. The van der Waals surface area contributed by atoms with Crippen LogP contribution in [0.4, 0.5) is 4.39 Å². The van der Waals surface area contributed by atoms with Crippen molar-refractivity contribution in [1.29, 1.82) is 0 Å². The molecule has 0 bridgehead atoms. The molecule has 3 aromatic carbocycles. The second kappa shape index (κ2) is 9.49. The molecule has 39 heavy (non-hydrogen) atoms. The van der Waals surface area contributed by atoms with E-state index in [1.807, 2.05) is 64.3 Å². The van der Waals surface area contributed by atoms with Crippen molar-refractivity contribution in [2.24, 2.45) is 5.41 Å². The lowest BCUT2D eigenvalue weighted by Gasteiger charge is -2.18. The van der Waals surface area contributed by atoms with E-state index < -0.39 is 11.4 Å². The van der Waals surface area contributed by atoms with Crippen LogP contribution in [-0.4, -0.2) is 31.3 Å². The van der Waals surface area contributed by atoms with Gasteiger partial charge in [-0.2, -0.15) is 9.78 Å². The molecule has 2 heterocycles. The van der Waals surface area contributed by atoms with Gasteiger partial charge in [0.25, 0.3) is 5.91 Å². The van der Waals surface area contributed by atoms with Gasteiger partial charge in [-0.25, -0.2) is 9.18 Å². The van der Waals surface area contributed by atoms with Crippen molar-refractivity contribution in [2.45, 2.75) is 53.9 Å². The van der Waals surface area contributed by atoms with Gasteiger partial charge in [-0.15, -0.1) is 0 Å². The van der Waals surface area contributed by atoms with Gasteiger partial charge in [-0.1, -0.05) is 65.8 Å². The molecule has 0 saturated carbocycles. The fourth-order valence-electron chi connectivity index (χ4n) is 5.38. The first-order valence-corrected chi connectivity index (χ1v) is 13.2. The molecule has 1 N–H and O–H groups in total. The highest BCUT2D eigenvalue weighted by atomic mass is 19.1. The molecule has 0 amide bonds. The van der Waals surface area contributed by atoms with Crippen LogP contribution in [0.3, 0.4) is 0 Å². The molecule has 0 unspecified atom stereocenters. The Morgan fingerprint density at radius 1 is 1.00 bits per heavy atom. The summed E-state index contributed by atoms with van der Waals surface area (Å²) < 4.78 is 18.7. The summed E-state index contributed by atoms with van der Waals surface area (Å²) in [5, 5.41) is 16.1. The van der Waals surface area contributed by atoms with Crippen LogP contribution in [0.25, 0.3) is 38.6 Å². The Labute approximate surface area is 226 Å². The molecule has 5 rings (SSSR count). The number of carbonyl (C=O) groups excluding carboxylic acids is 1. The lowest BCUT2D eigenvalue weighted by molar-refractivity contribution is 0.0696. The number of carboxylic acids is 1. The van der Waals surface area contributed by atoms with Crippen LogP contribution < -0.4 is 0 Å². The van der Waals surface area contributed by atoms with Crippen molar-refractivity contribution in [3.05, 3.63) is 83.4 Å². The van der Waals surface area contributed by atoms with E-state index in [4.69, 9.17) is 0 Å². The van der Waals surface area contributed by atoms with E-state index in [1.165, 1.54) is 10.7 Å². The van der Waals surface area contributed by atoms with Gasteiger partial charge < -0.3 is 9.67 Å². The third-order valence-corrected chi connectivity index (χ3v) is 7.18. The average molecular weight is 526 g/mol. The molecule has 0 aliphatic heterocycles. The fourth-order valence-corrected chi connectivity index (χ4v) is 5.38. The van der Waals surface area contributed by atoms with E-state index >= 15 is 4.39 Å². The molecular formula is C32H32FN3O3. The van der Waals surface area contributed by atoms with Gasteiger partial charge in [-0.3, -0.25) is 4.79 Å². The van der Waals surface area contributed by atoms with Crippen LogP contribution in [0.15, 0.2) is 60.8 Å². The van der Waals surface area contributed by atoms with E-state index in [0.717, 1.165) is 33.1 Å². The topological polar surface area (TPSA) is 77.1 Å². The van der Waals surface area contributed by atoms with Crippen LogP contribution >= 0.6 is 0 Å². The number of aryl methyl sites for hydroxylation is 1. The third kappa shape index (κ3) is 4.22. The van der Waals surface area contributed by atoms with Gasteiger partial charge in [0.1, 0.15) is 5.82 Å². The van der Waals surface area contributed by atoms with Gasteiger partial charge >= 0.3 is 5.97 Å². The van der Waals surface area contributed by atoms with Crippen molar-refractivity contribution < 1.29 is 19.1 Å². The molecule has 0 saturated heterocycles. The lowest BCUT2D eigenvalue weighted by atomic mass is 9.88. The van der Waals surface area contributed by atoms with Crippen LogP contribution in [0.1, 0.15) is 73.9 Å². The van der Waals surface area contributed by atoms with Crippen LogP contribution in [0.5, 0.6) is 0 Å². The number of carbonyl (C=O) groups is 2. The minimum atomic E-state index is -1.03. The summed E-state index contributed by atoms with van der Waals surface area (Å²) in [6.45, 7) is 11.6. The normalized spacial score (nSPS) is 12.1. The maximum atomic E-state index is 15.4. The van der Waals surface area contributed by atoms with E-state index in [2.05, 4.69) is 5.10 Å². The molecule has 200 valence electrons. The average Bonchev–Trinajstić information content (AvgIpc) is 3.44. The smallest absolute Gasteiger partial charge is 0.336 e. The molecule has 0 radical (unpaired) electrons. The number of hydrogen-bond donors (Lipinski definition) is 1. The number of fused-ring (bicyclic) bond motifs is 2. The third-order valence-electron chi connectivity index (χ3n) is 7.18. The molecule has 6 nitrogen and oxygen atoms in total. The lowest BCUT2D eigenvalue weighted by Crippen LogP contribution is -2.27. The highest BCUT2D eigenvalue weighted by molar-refractivity contribution is 6.10. The Bertz CT molecular complexity index is 1770. The Morgan fingerprint density at radius 3 is 2.33 bits per heavy atom. The number of benzene rings is 3. The number of carboxylic acid groups (broad SMARTS) is 1. The quantitative estimate of drug-likeness (QED) is 0.253. The van der Waals surface area contributed by atoms with Gasteiger partial charge in [-0.05, 0) is 48.2 Å². The molecule has 0 spiro atoms. The van der Waals surface area contributed by atoms with E-state index in [9.17, 15) is 14.7 Å². The Kier molecular flexibility index (Phi) is 6.41. The number of nitrogens with zero attached hydrogens (tertiary/aromatic N) is 3. The Morgan fingerprint density at radius 2 is 1.72 bits per heavy atom. The molecule has 0 aliphatic carbocycles. The predicted molar refractivity (Wildman–Crippen MR) is 152 cm³/mol. The van der Waals surface area contributed by atoms with Crippen LogP contribution in [-0.2, 0) is 6.42 Å². The summed E-state index contributed by atoms with van der Waals surface area (Å²) in [6.07, 6.45) is 2.26. The molecular weight excluding hydrogens is 493 g/mol. The summed E-state index contributed by atoms with van der Waals surface area (Å²) in [5.74, 6) is -1.66. The van der Waals surface area contributed by atoms with Crippen molar-refractivity contribution in [1.82, 2.24) is 14.3 Å². The van der Waals surface area contributed by atoms with E-state index in [0.29, 0.717) is 23.2 Å². The number of aromatic nitrogens is 3. The fraction of sp³-hybridized carbons (Fsp3) is 0.281. The standard InChI is InChI=1S/C32H32FN3O3/c1-7-19-11-10-12-21(30(37)38)27(19)28-22-16-25-20(17-34-36(25)31(39)32(4,5)6)15-26(22)35(29(28)18(2)3)24-14-9-8-13-23(24)33/h8-18H,7H2,1-6H3,(H,37,38). The molecule has 2 aromatic heterocycles. The van der Waals surface area contributed by atoms with Gasteiger partial charge in [0, 0.05) is 33.0 Å². The monoisotopic (exact) mass is 525 g/mol. The number of para-hydroxylation sites is 1. The van der Waals surface area contributed by atoms with Crippen molar-refractivity contribution in [3.63, 3.8) is 0 Å². The number of hydrogen-bond acceptors (Lipinski definition) is 3. The van der Waals surface area contributed by atoms with Crippen molar-refractivity contribution in [3.8, 4) is 16.8 Å². The maximum Gasteiger partial charge on any atom is 0.336 e. The van der Waals surface area contributed by atoms with Gasteiger partial charge in [0.15, 0.2) is 0 Å². The number of rotatable bonds is 5. The molecule has 7 heteroatoms.